The number of ketones is 2. The molecule has 0 bridgehead atoms. The van der Waals surface area contributed by atoms with Crippen LogP contribution in [0.2, 0.25) is 0 Å². The van der Waals surface area contributed by atoms with Crippen LogP contribution in [0, 0.1) is 11.7 Å². The third-order valence-electron chi connectivity index (χ3n) is 5.91. The Morgan fingerprint density at radius 2 is 1.81 bits per heavy atom. The van der Waals surface area contributed by atoms with Crippen molar-refractivity contribution in [2.24, 2.45) is 5.92 Å². The monoisotopic (exact) mass is 523 g/mol. The topological polar surface area (TPSA) is 95.0 Å². The highest BCUT2D eigenvalue weighted by molar-refractivity contribution is 7.17. The van der Waals surface area contributed by atoms with E-state index in [-0.39, 0.29) is 42.7 Å². The predicted octanol–water partition coefficient (Wildman–Crippen LogP) is 5.58. The number of methoxy groups -OCH3 is 2. The van der Waals surface area contributed by atoms with Crippen molar-refractivity contribution in [2.75, 3.05) is 27.4 Å². The third kappa shape index (κ3) is 5.47. The number of fused-ring (bicyclic) bond motifs is 1. The maximum atomic E-state index is 14.2. The Labute approximate surface area is 217 Å². The minimum absolute atomic E-state index is 0.0333. The summed E-state index contributed by atoms with van der Waals surface area (Å²) in [5.74, 6) is -0.267. The summed E-state index contributed by atoms with van der Waals surface area (Å²) < 4.78 is 30.9. The largest absolute Gasteiger partial charge is 0.494 e. The van der Waals surface area contributed by atoms with Gasteiger partial charge in [0, 0.05) is 34.2 Å². The van der Waals surface area contributed by atoms with Crippen molar-refractivity contribution >= 4 is 33.0 Å². The van der Waals surface area contributed by atoms with Crippen LogP contribution in [0.1, 0.15) is 34.2 Å². The van der Waals surface area contributed by atoms with Crippen LogP contribution >= 0.6 is 11.3 Å². The molecule has 2 aromatic heterocycles. The molecule has 2 heterocycles. The second-order valence-corrected chi connectivity index (χ2v) is 9.22. The molecule has 0 aliphatic heterocycles. The highest BCUT2D eigenvalue weighted by Crippen LogP contribution is 2.38. The number of thiophene rings is 1. The second-order valence-electron chi connectivity index (χ2n) is 8.34. The summed E-state index contributed by atoms with van der Waals surface area (Å²) in [6.45, 7) is 1.63. The summed E-state index contributed by atoms with van der Waals surface area (Å²) in [5.41, 5.74) is 1.68. The van der Waals surface area contributed by atoms with Gasteiger partial charge in [-0.3, -0.25) is 9.59 Å². The number of aliphatic hydroxyl groups excluding tert-OH is 1. The van der Waals surface area contributed by atoms with Crippen molar-refractivity contribution in [2.45, 2.75) is 13.3 Å². The Morgan fingerprint density at radius 1 is 1.05 bits per heavy atom. The maximum absolute atomic E-state index is 14.2. The first kappa shape index (κ1) is 26.2. The van der Waals surface area contributed by atoms with Gasteiger partial charge in [-0.25, -0.2) is 9.37 Å². The fraction of sp³-hybridized carbons (Fsp3) is 0.250. The van der Waals surface area contributed by atoms with Crippen LogP contribution < -0.4 is 14.2 Å². The number of nitrogens with zero attached hydrogens (tertiary/aromatic N) is 1. The molecule has 0 saturated carbocycles. The summed E-state index contributed by atoms with van der Waals surface area (Å²) in [6, 6.07) is 12.8. The van der Waals surface area contributed by atoms with Crippen molar-refractivity contribution < 1.29 is 33.3 Å². The highest BCUT2D eigenvalue weighted by Gasteiger charge is 2.24. The number of carbonyl (C=O) groups excluding carboxylic acids is 2. The number of pyridine rings is 1. The van der Waals surface area contributed by atoms with E-state index in [0.29, 0.717) is 44.2 Å². The lowest BCUT2D eigenvalue weighted by molar-refractivity contribution is 0.0859. The molecule has 37 heavy (non-hydrogen) atoms. The molecule has 1 N–H and O–H groups in total. The SMILES string of the molecule is COc1cc(C(=O)C[C@@H](C)C(=O)c2ccc(OC)c(-c3csc4c(F)cccc34)n2)ccc1OCCO. The summed E-state index contributed by atoms with van der Waals surface area (Å²) >= 11 is 1.26. The van der Waals surface area contributed by atoms with Crippen LogP contribution in [0.3, 0.4) is 0 Å². The quantitative estimate of drug-likeness (QED) is 0.256. The molecule has 0 spiro atoms. The normalized spacial score (nSPS) is 11.8. The van der Waals surface area contributed by atoms with Gasteiger partial charge in [-0.15, -0.1) is 11.3 Å². The van der Waals surface area contributed by atoms with E-state index < -0.39 is 5.92 Å². The van der Waals surface area contributed by atoms with E-state index in [1.807, 2.05) is 0 Å². The second kappa shape index (κ2) is 11.5. The minimum Gasteiger partial charge on any atom is -0.494 e. The molecule has 0 aliphatic rings. The van der Waals surface area contributed by atoms with Crippen LogP contribution in [-0.4, -0.2) is 49.1 Å². The molecular formula is C28H26FNO6S. The zero-order valence-corrected chi connectivity index (χ0v) is 21.4. The van der Waals surface area contributed by atoms with E-state index in [1.54, 1.807) is 54.8 Å². The predicted molar refractivity (Wildman–Crippen MR) is 140 cm³/mol. The number of carbonyl (C=O) groups is 2. The Hall–Kier alpha value is -3.82. The number of hydrogen-bond acceptors (Lipinski definition) is 8. The van der Waals surface area contributed by atoms with Crippen molar-refractivity contribution in [1.29, 1.82) is 0 Å². The van der Waals surface area contributed by atoms with Gasteiger partial charge in [-0.05, 0) is 36.4 Å². The summed E-state index contributed by atoms with van der Waals surface area (Å²) in [4.78, 5) is 30.8. The standard InChI is InChI=1S/C28H26FNO6S/c1-16(13-22(32)17-7-9-23(36-12-11-31)25(14-17)35-3)27(33)21-8-10-24(34-2)26(30-21)19-15-37-28-18(19)5-4-6-20(28)29/h4-10,14-16,31H,11-13H2,1-3H3/t16-/m1/s1. The Balaban J connectivity index is 1.57. The molecule has 0 fully saturated rings. The lowest BCUT2D eigenvalue weighted by atomic mass is 9.94. The van der Waals surface area contributed by atoms with Crippen LogP contribution in [-0.2, 0) is 0 Å². The Morgan fingerprint density at radius 3 is 2.54 bits per heavy atom. The summed E-state index contributed by atoms with van der Waals surface area (Å²) in [6.07, 6.45) is -0.0333. The van der Waals surface area contributed by atoms with Crippen molar-refractivity contribution in [3.05, 3.63) is 71.0 Å². The molecule has 9 heteroatoms. The molecule has 0 aliphatic carbocycles. The molecule has 2 aromatic carbocycles. The molecule has 4 rings (SSSR count). The molecule has 0 radical (unpaired) electrons. The zero-order valence-electron chi connectivity index (χ0n) is 20.6. The number of Topliss-reactive ketones (excluding diaryl/α,β-unsaturated/α-hetero) is 2. The molecule has 7 nitrogen and oxygen atoms in total. The van der Waals surface area contributed by atoms with Crippen molar-refractivity contribution in [1.82, 2.24) is 4.98 Å². The van der Waals surface area contributed by atoms with Gasteiger partial charge in [-0.2, -0.15) is 0 Å². The lowest BCUT2D eigenvalue weighted by Crippen LogP contribution is -2.17. The number of rotatable bonds is 11. The van der Waals surface area contributed by atoms with Gasteiger partial charge in [0.15, 0.2) is 23.1 Å². The summed E-state index contributed by atoms with van der Waals surface area (Å²) in [7, 11) is 2.96. The van der Waals surface area contributed by atoms with E-state index >= 15 is 0 Å². The van der Waals surface area contributed by atoms with Crippen molar-refractivity contribution in [3.63, 3.8) is 0 Å². The van der Waals surface area contributed by atoms with Gasteiger partial charge in [0.25, 0.3) is 0 Å². The van der Waals surface area contributed by atoms with Crippen molar-refractivity contribution in [3.8, 4) is 28.5 Å². The zero-order chi connectivity index (χ0) is 26.5. The first-order chi connectivity index (χ1) is 17.9. The number of ether oxygens (including phenoxy) is 3. The average molecular weight is 524 g/mol. The van der Waals surface area contributed by atoms with Gasteiger partial charge in [0.05, 0.1) is 25.5 Å². The smallest absolute Gasteiger partial charge is 0.184 e. The summed E-state index contributed by atoms with van der Waals surface area (Å²) in [5, 5.41) is 11.4. The molecular weight excluding hydrogens is 497 g/mol. The number of halogens is 1. The van der Waals surface area contributed by atoms with E-state index in [1.165, 1.54) is 31.6 Å². The molecule has 0 unspecified atom stereocenters. The van der Waals surface area contributed by atoms with E-state index in [0.717, 1.165) is 0 Å². The average Bonchev–Trinajstić information content (AvgIpc) is 3.36. The number of aromatic nitrogens is 1. The highest BCUT2D eigenvalue weighted by atomic mass is 32.1. The van der Waals surface area contributed by atoms with Gasteiger partial charge in [0.2, 0.25) is 0 Å². The number of aliphatic hydroxyl groups is 1. The van der Waals surface area contributed by atoms with Crippen LogP contribution in [0.15, 0.2) is 53.9 Å². The fourth-order valence-corrected chi connectivity index (χ4v) is 4.96. The van der Waals surface area contributed by atoms with Gasteiger partial charge in [0.1, 0.15) is 29.6 Å². The first-order valence-electron chi connectivity index (χ1n) is 11.6. The van der Waals surface area contributed by atoms with Gasteiger partial charge < -0.3 is 19.3 Å². The van der Waals surface area contributed by atoms with Gasteiger partial charge >= 0.3 is 0 Å². The number of hydrogen-bond donors (Lipinski definition) is 1. The van der Waals surface area contributed by atoms with E-state index in [4.69, 9.17) is 19.3 Å². The molecule has 0 amide bonds. The van der Waals surface area contributed by atoms with Gasteiger partial charge in [-0.1, -0.05) is 19.1 Å². The molecule has 1 atom stereocenters. The maximum Gasteiger partial charge on any atom is 0.184 e. The molecule has 0 saturated heterocycles. The molecule has 192 valence electrons. The van der Waals surface area contributed by atoms with Crippen LogP contribution in [0.25, 0.3) is 21.3 Å². The van der Waals surface area contributed by atoms with E-state index in [9.17, 15) is 14.0 Å². The van der Waals surface area contributed by atoms with Crippen LogP contribution in [0.5, 0.6) is 17.2 Å². The third-order valence-corrected chi connectivity index (χ3v) is 6.92. The molecule has 4 aromatic rings. The van der Waals surface area contributed by atoms with Crippen LogP contribution in [0.4, 0.5) is 4.39 Å². The number of benzene rings is 2. The lowest BCUT2D eigenvalue weighted by Gasteiger charge is -2.14. The minimum atomic E-state index is -0.644. The Bertz CT molecular complexity index is 1450. The Kier molecular flexibility index (Phi) is 8.15. The first-order valence-corrected chi connectivity index (χ1v) is 12.5. The fourth-order valence-electron chi connectivity index (χ4n) is 4.00. The van der Waals surface area contributed by atoms with E-state index in [2.05, 4.69) is 4.98 Å².